The van der Waals surface area contributed by atoms with Gasteiger partial charge in [-0.3, -0.25) is 5.32 Å². The van der Waals surface area contributed by atoms with Crippen LogP contribution in [0.4, 0.5) is 14.7 Å². The van der Waals surface area contributed by atoms with Crippen LogP contribution in [0.5, 0.6) is 0 Å². The number of carbonyl (C=O) groups is 2. The van der Waals surface area contributed by atoms with E-state index in [-0.39, 0.29) is 6.61 Å². The number of nitrogens with one attached hydrogen (secondary N) is 1. The van der Waals surface area contributed by atoms with Crippen LogP contribution in [0, 0.1) is 6.92 Å². The Labute approximate surface area is 111 Å². The number of aryl methyl sites for hydroxylation is 1. The van der Waals surface area contributed by atoms with Crippen LogP contribution in [-0.2, 0) is 8.92 Å². The van der Waals surface area contributed by atoms with Crippen molar-refractivity contribution in [3.05, 3.63) is 18.3 Å². The van der Waals surface area contributed by atoms with Gasteiger partial charge in [0.2, 0.25) is 0 Å². The van der Waals surface area contributed by atoms with Crippen molar-refractivity contribution in [1.29, 1.82) is 0 Å². The standard InChI is InChI=1S/C9H10N2O5S2/c1-3-4-15-8(12)11-7-10-5(2)6(17-7)18-16-9(13)14/h3H,1,4H2,2H3,(H,13,14)(H,10,11,12). The molecule has 0 aliphatic rings. The first-order chi connectivity index (χ1) is 8.52. The summed E-state index contributed by atoms with van der Waals surface area (Å²) in [6.45, 7) is 5.17. The van der Waals surface area contributed by atoms with Crippen LogP contribution < -0.4 is 5.32 Å². The SMILES string of the molecule is C=CCOC(=O)Nc1nc(C)c(SOC(=O)O)s1. The van der Waals surface area contributed by atoms with Gasteiger partial charge in [-0.05, 0) is 6.92 Å². The quantitative estimate of drug-likeness (QED) is 0.635. The molecule has 2 N–H and O–H groups in total. The van der Waals surface area contributed by atoms with Crippen molar-refractivity contribution < 1.29 is 23.6 Å². The van der Waals surface area contributed by atoms with Gasteiger partial charge < -0.3 is 14.0 Å². The van der Waals surface area contributed by atoms with Crippen LogP contribution in [0.2, 0.25) is 0 Å². The third kappa shape index (κ3) is 4.63. The minimum absolute atomic E-state index is 0.0971. The number of nitrogens with zero attached hydrogens (tertiary/aromatic N) is 1. The minimum atomic E-state index is -1.40. The molecule has 0 fully saturated rings. The lowest BCUT2D eigenvalue weighted by molar-refractivity contribution is 0.153. The van der Waals surface area contributed by atoms with Crippen LogP contribution in [0.25, 0.3) is 0 Å². The fraction of sp³-hybridized carbons (Fsp3) is 0.222. The highest BCUT2D eigenvalue weighted by atomic mass is 32.2. The van der Waals surface area contributed by atoms with Gasteiger partial charge >= 0.3 is 12.2 Å². The van der Waals surface area contributed by atoms with Gasteiger partial charge in [0, 0.05) is 0 Å². The lowest BCUT2D eigenvalue weighted by atomic mass is 10.6. The van der Waals surface area contributed by atoms with Crippen molar-refractivity contribution in [2.45, 2.75) is 11.1 Å². The summed E-state index contributed by atoms with van der Waals surface area (Å²) >= 11 is 1.76. The highest BCUT2D eigenvalue weighted by Crippen LogP contribution is 2.32. The number of thiazole rings is 1. The molecule has 0 aliphatic carbocycles. The zero-order chi connectivity index (χ0) is 13.5. The van der Waals surface area contributed by atoms with Crippen molar-refractivity contribution in [2.24, 2.45) is 0 Å². The topological polar surface area (TPSA) is 97.8 Å². The largest absolute Gasteiger partial charge is 0.518 e. The summed E-state index contributed by atoms with van der Waals surface area (Å²) in [5.41, 5.74) is 0.560. The highest BCUT2D eigenvalue weighted by Gasteiger charge is 2.13. The van der Waals surface area contributed by atoms with Gasteiger partial charge in [0.25, 0.3) is 0 Å². The van der Waals surface area contributed by atoms with Gasteiger partial charge in [-0.15, -0.1) is 0 Å². The first-order valence-corrected chi connectivity index (χ1v) is 6.18. The van der Waals surface area contributed by atoms with Crippen molar-refractivity contribution in [3.8, 4) is 0 Å². The van der Waals surface area contributed by atoms with E-state index in [1.54, 1.807) is 6.92 Å². The summed E-state index contributed by atoms with van der Waals surface area (Å²) in [6, 6.07) is 0. The Kier molecular flexibility index (Phi) is 5.46. The lowest BCUT2D eigenvalue weighted by Gasteiger charge is -2.00. The van der Waals surface area contributed by atoms with Crippen LogP contribution in [-0.4, -0.2) is 28.9 Å². The van der Waals surface area contributed by atoms with Crippen LogP contribution >= 0.6 is 23.4 Å². The molecule has 0 atom stereocenters. The summed E-state index contributed by atoms with van der Waals surface area (Å²) in [6.07, 6.45) is -0.610. The fourth-order valence-corrected chi connectivity index (χ4v) is 2.32. The van der Waals surface area contributed by atoms with E-state index in [2.05, 4.69) is 21.1 Å². The number of aromatic nitrogens is 1. The molecule has 9 heteroatoms. The number of hydrogen-bond acceptors (Lipinski definition) is 7. The number of ether oxygens (including phenoxy) is 1. The number of rotatable bonds is 5. The van der Waals surface area contributed by atoms with E-state index in [9.17, 15) is 9.59 Å². The summed E-state index contributed by atoms with van der Waals surface area (Å²) in [5, 5.41) is 11.1. The molecule has 1 aromatic heterocycles. The Morgan fingerprint density at radius 1 is 1.67 bits per heavy atom. The summed E-state index contributed by atoms with van der Waals surface area (Å²) < 4.78 is 9.59. The molecule has 0 radical (unpaired) electrons. The molecule has 18 heavy (non-hydrogen) atoms. The first kappa shape index (κ1) is 14.3. The van der Waals surface area contributed by atoms with Crippen molar-refractivity contribution >= 4 is 40.8 Å². The van der Waals surface area contributed by atoms with Gasteiger partial charge in [-0.2, -0.15) is 0 Å². The summed E-state index contributed by atoms with van der Waals surface area (Å²) in [5.74, 6) is 0. The maximum absolute atomic E-state index is 11.2. The predicted molar refractivity (Wildman–Crippen MR) is 67.0 cm³/mol. The molecule has 7 nitrogen and oxygen atoms in total. The zero-order valence-electron chi connectivity index (χ0n) is 9.34. The number of carboxylic acid groups (broad SMARTS) is 1. The molecule has 0 saturated carbocycles. The first-order valence-electron chi connectivity index (χ1n) is 4.62. The molecular formula is C9H10N2O5S2. The van der Waals surface area contributed by atoms with E-state index < -0.39 is 12.2 Å². The molecule has 0 saturated heterocycles. The van der Waals surface area contributed by atoms with Crippen molar-refractivity contribution in [1.82, 2.24) is 4.98 Å². The van der Waals surface area contributed by atoms with E-state index in [4.69, 9.17) is 9.84 Å². The molecule has 0 aromatic carbocycles. The second-order valence-corrected chi connectivity index (χ2v) is 4.84. The normalized spacial score (nSPS) is 9.61. The van der Waals surface area contributed by atoms with Crippen molar-refractivity contribution in [2.75, 3.05) is 11.9 Å². The van der Waals surface area contributed by atoms with E-state index >= 15 is 0 Å². The molecule has 0 aliphatic heterocycles. The maximum atomic E-state index is 11.2. The zero-order valence-corrected chi connectivity index (χ0v) is 11.0. The summed E-state index contributed by atoms with van der Waals surface area (Å²) in [7, 11) is 0. The van der Waals surface area contributed by atoms with Gasteiger partial charge in [0.15, 0.2) is 5.13 Å². The molecule has 1 heterocycles. The van der Waals surface area contributed by atoms with Crippen LogP contribution in [0.3, 0.4) is 0 Å². The Bertz CT molecular complexity index is 460. The third-order valence-electron chi connectivity index (χ3n) is 1.48. The maximum Gasteiger partial charge on any atom is 0.518 e. The van der Waals surface area contributed by atoms with Gasteiger partial charge in [0.1, 0.15) is 22.9 Å². The fourth-order valence-electron chi connectivity index (χ4n) is 0.845. The van der Waals surface area contributed by atoms with E-state index in [1.807, 2.05) is 0 Å². The Morgan fingerprint density at radius 3 is 3.00 bits per heavy atom. The van der Waals surface area contributed by atoms with Crippen LogP contribution in [0.15, 0.2) is 16.9 Å². The predicted octanol–water partition coefficient (Wildman–Crippen LogP) is 2.89. The number of carbonyl (C=O) groups excluding carboxylic acids is 1. The second kappa shape index (κ2) is 6.87. The average Bonchev–Trinajstić information content (AvgIpc) is 2.64. The summed E-state index contributed by atoms with van der Waals surface area (Å²) in [4.78, 5) is 25.5. The number of hydrogen-bond donors (Lipinski definition) is 2. The Morgan fingerprint density at radius 2 is 2.39 bits per heavy atom. The monoisotopic (exact) mass is 290 g/mol. The van der Waals surface area contributed by atoms with Gasteiger partial charge in [0.05, 0.1) is 5.69 Å². The molecule has 1 rings (SSSR count). The third-order valence-corrected chi connectivity index (χ3v) is 3.48. The number of anilines is 1. The smallest absolute Gasteiger partial charge is 0.449 e. The molecule has 0 unspecified atom stereocenters. The van der Waals surface area contributed by atoms with Crippen molar-refractivity contribution in [3.63, 3.8) is 0 Å². The minimum Gasteiger partial charge on any atom is -0.449 e. The second-order valence-electron chi connectivity index (χ2n) is 2.84. The molecule has 0 bridgehead atoms. The molecule has 1 aromatic rings. The van der Waals surface area contributed by atoms with E-state index in [1.165, 1.54) is 6.08 Å². The Hall–Kier alpha value is -1.74. The molecule has 0 spiro atoms. The average molecular weight is 290 g/mol. The molecule has 98 valence electrons. The molecular weight excluding hydrogens is 280 g/mol. The lowest BCUT2D eigenvalue weighted by Crippen LogP contribution is -2.13. The molecule has 1 amide bonds. The highest BCUT2D eigenvalue weighted by molar-refractivity contribution is 7.97. The van der Waals surface area contributed by atoms with Gasteiger partial charge in [-0.25, -0.2) is 14.6 Å². The van der Waals surface area contributed by atoms with E-state index in [0.29, 0.717) is 27.1 Å². The van der Waals surface area contributed by atoms with E-state index in [0.717, 1.165) is 11.3 Å². The van der Waals surface area contributed by atoms with Crippen LogP contribution in [0.1, 0.15) is 5.69 Å². The number of amides is 1. The Balaban J connectivity index is 2.57. The van der Waals surface area contributed by atoms with Gasteiger partial charge in [-0.1, -0.05) is 24.0 Å².